The van der Waals surface area contributed by atoms with Crippen molar-refractivity contribution in [3.05, 3.63) is 46.8 Å². The lowest BCUT2D eigenvalue weighted by atomic mass is 10.2. The summed E-state index contributed by atoms with van der Waals surface area (Å²) in [4.78, 5) is 11.1. The van der Waals surface area contributed by atoms with Crippen molar-refractivity contribution < 1.29 is 9.90 Å². The molecule has 0 amide bonds. The lowest BCUT2D eigenvalue weighted by Crippen LogP contribution is -2.02. The molecule has 0 saturated carbocycles. The monoisotopic (exact) mass is 230 g/mol. The highest BCUT2D eigenvalue weighted by molar-refractivity contribution is 5.90. The summed E-state index contributed by atoms with van der Waals surface area (Å²) >= 11 is 0. The normalized spacial score (nSPS) is 10.5. The summed E-state index contributed by atoms with van der Waals surface area (Å²) in [5.41, 5.74) is 3.51. The first-order valence-corrected chi connectivity index (χ1v) is 5.37. The maximum atomic E-state index is 11.1. The summed E-state index contributed by atoms with van der Waals surface area (Å²) in [5, 5.41) is 13.4. The van der Waals surface area contributed by atoms with Gasteiger partial charge in [0.2, 0.25) is 0 Å². The standard InChI is InChI=1S/C13H14N2O2/c1-8-4-6-11(7-5-8)15-10(3)12(13(16)17)9(2)14-15/h4-7H,1-3H3,(H,16,17). The van der Waals surface area contributed by atoms with Gasteiger partial charge in [-0.25, -0.2) is 9.48 Å². The number of carbonyl (C=O) groups is 1. The second-order valence-electron chi connectivity index (χ2n) is 4.10. The van der Waals surface area contributed by atoms with Crippen LogP contribution in [0.4, 0.5) is 0 Å². The van der Waals surface area contributed by atoms with Gasteiger partial charge in [-0.3, -0.25) is 0 Å². The predicted octanol–water partition coefficient (Wildman–Crippen LogP) is 2.50. The highest BCUT2D eigenvalue weighted by Crippen LogP contribution is 2.18. The first-order valence-electron chi connectivity index (χ1n) is 5.37. The Hall–Kier alpha value is -2.10. The van der Waals surface area contributed by atoms with Crippen LogP contribution in [0.1, 0.15) is 27.3 Å². The van der Waals surface area contributed by atoms with Crippen molar-refractivity contribution in [1.29, 1.82) is 0 Å². The first-order chi connectivity index (χ1) is 8.00. The number of hydrogen-bond acceptors (Lipinski definition) is 2. The zero-order valence-corrected chi connectivity index (χ0v) is 10.1. The Labute approximate surface area is 99.5 Å². The molecule has 2 rings (SSSR count). The van der Waals surface area contributed by atoms with E-state index in [0.717, 1.165) is 11.3 Å². The van der Waals surface area contributed by atoms with Crippen molar-refractivity contribution in [2.75, 3.05) is 0 Å². The van der Waals surface area contributed by atoms with Gasteiger partial charge in [0.1, 0.15) is 5.56 Å². The molecule has 0 aliphatic rings. The van der Waals surface area contributed by atoms with E-state index in [0.29, 0.717) is 11.4 Å². The topological polar surface area (TPSA) is 55.1 Å². The van der Waals surface area contributed by atoms with Crippen molar-refractivity contribution in [3.8, 4) is 5.69 Å². The number of aromatic nitrogens is 2. The maximum Gasteiger partial charge on any atom is 0.339 e. The molecular formula is C13H14N2O2. The first kappa shape index (κ1) is 11.4. The number of aryl methyl sites for hydroxylation is 2. The number of rotatable bonds is 2. The van der Waals surface area contributed by atoms with Crippen LogP contribution in [-0.4, -0.2) is 20.9 Å². The molecule has 0 atom stereocenters. The molecule has 1 aromatic carbocycles. The SMILES string of the molecule is Cc1ccc(-n2nc(C)c(C(=O)O)c2C)cc1. The highest BCUT2D eigenvalue weighted by atomic mass is 16.4. The molecule has 0 saturated heterocycles. The van der Waals surface area contributed by atoms with E-state index in [2.05, 4.69) is 5.10 Å². The van der Waals surface area contributed by atoms with Gasteiger partial charge in [0.15, 0.2) is 0 Å². The second-order valence-corrected chi connectivity index (χ2v) is 4.10. The fraction of sp³-hybridized carbons (Fsp3) is 0.231. The Morgan fingerprint density at radius 2 is 1.76 bits per heavy atom. The van der Waals surface area contributed by atoms with Crippen molar-refractivity contribution in [2.24, 2.45) is 0 Å². The van der Waals surface area contributed by atoms with Crippen LogP contribution in [0.25, 0.3) is 5.69 Å². The van der Waals surface area contributed by atoms with E-state index in [1.165, 1.54) is 0 Å². The molecule has 4 nitrogen and oxygen atoms in total. The smallest absolute Gasteiger partial charge is 0.339 e. The molecule has 2 aromatic rings. The average Bonchev–Trinajstić information content (AvgIpc) is 2.55. The molecule has 88 valence electrons. The number of carboxylic acid groups (broad SMARTS) is 1. The quantitative estimate of drug-likeness (QED) is 0.862. The predicted molar refractivity (Wildman–Crippen MR) is 64.7 cm³/mol. The Balaban J connectivity index is 2.57. The summed E-state index contributed by atoms with van der Waals surface area (Å²) < 4.78 is 1.66. The Morgan fingerprint density at radius 3 is 2.24 bits per heavy atom. The van der Waals surface area contributed by atoms with E-state index in [1.807, 2.05) is 31.2 Å². The Morgan fingerprint density at radius 1 is 1.18 bits per heavy atom. The molecule has 0 aliphatic heterocycles. The zero-order chi connectivity index (χ0) is 12.6. The molecule has 1 N–H and O–H groups in total. The van der Waals surface area contributed by atoms with Gasteiger partial charge < -0.3 is 5.11 Å². The molecule has 0 radical (unpaired) electrons. The van der Waals surface area contributed by atoms with Gasteiger partial charge in [0, 0.05) is 0 Å². The van der Waals surface area contributed by atoms with Crippen molar-refractivity contribution in [3.63, 3.8) is 0 Å². The van der Waals surface area contributed by atoms with E-state index in [-0.39, 0.29) is 5.56 Å². The van der Waals surface area contributed by atoms with Gasteiger partial charge >= 0.3 is 5.97 Å². The second kappa shape index (κ2) is 4.05. The van der Waals surface area contributed by atoms with Crippen LogP contribution in [0.2, 0.25) is 0 Å². The van der Waals surface area contributed by atoms with E-state index in [9.17, 15) is 4.79 Å². The molecule has 0 spiro atoms. The number of nitrogens with zero attached hydrogens (tertiary/aromatic N) is 2. The minimum atomic E-state index is -0.932. The maximum absolute atomic E-state index is 11.1. The van der Waals surface area contributed by atoms with Crippen LogP contribution >= 0.6 is 0 Å². The van der Waals surface area contributed by atoms with Crippen LogP contribution in [0.15, 0.2) is 24.3 Å². The molecule has 17 heavy (non-hydrogen) atoms. The van der Waals surface area contributed by atoms with Crippen molar-refractivity contribution in [2.45, 2.75) is 20.8 Å². The van der Waals surface area contributed by atoms with E-state index in [1.54, 1.807) is 18.5 Å². The fourth-order valence-electron chi connectivity index (χ4n) is 1.89. The van der Waals surface area contributed by atoms with Crippen LogP contribution in [0, 0.1) is 20.8 Å². The van der Waals surface area contributed by atoms with E-state index in [4.69, 9.17) is 5.11 Å². The molecule has 0 aliphatic carbocycles. The molecule has 0 fully saturated rings. The number of hydrogen-bond donors (Lipinski definition) is 1. The fourth-order valence-corrected chi connectivity index (χ4v) is 1.89. The van der Waals surface area contributed by atoms with Crippen LogP contribution in [0.3, 0.4) is 0 Å². The third-order valence-electron chi connectivity index (χ3n) is 2.78. The van der Waals surface area contributed by atoms with Crippen LogP contribution < -0.4 is 0 Å². The summed E-state index contributed by atoms with van der Waals surface area (Å²) in [6.45, 7) is 5.48. The minimum Gasteiger partial charge on any atom is -0.478 e. The van der Waals surface area contributed by atoms with Gasteiger partial charge in [0.05, 0.1) is 17.1 Å². The van der Waals surface area contributed by atoms with Crippen molar-refractivity contribution in [1.82, 2.24) is 9.78 Å². The van der Waals surface area contributed by atoms with E-state index >= 15 is 0 Å². The Kier molecular flexibility index (Phi) is 2.71. The molecule has 4 heteroatoms. The number of carboxylic acids is 1. The van der Waals surface area contributed by atoms with Gasteiger partial charge in [0.25, 0.3) is 0 Å². The van der Waals surface area contributed by atoms with Crippen LogP contribution in [-0.2, 0) is 0 Å². The van der Waals surface area contributed by atoms with Crippen LogP contribution in [0.5, 0.6) is 0 Å². The van der Waals surface area contributed by atoms with Gasteiger partial charge in [-0.05, 0) is 32.9 Å². The number of aromatic carboxylic acids is 1. The van der Waals surface area contributed by atoms with Gasteiger partial charge in [-0.2, -0.15) is 5.10 Å². The molecule has 1 heterocycles. The molecule has 0 bridgehead atoms. The summed E-state index contributed by atoms with van der Waals surface area (Å²) in [7, 11) is 0. The van der Waals surface area contributed by atoms with E-state index < -0.39 is 5.97 Å². The average molecular weight is 230 g/mol. The van der Waals surface area contributed by atoms with Gasteiger partial charge in [-0.1, -0.05) is 17.7 Å². The third kappa shape index (κ3) is 1.93. The molecule has 1 aromatic heterocycles. The summed E-state index contributed by atoms with van der Waals surface area (Å²) in [6, 6.07) is 7.82. The molecule has 0 unspecified atom stereocenters. The summed E-state index contributed by atoms with van der Waals surface area (Å²) in [5.74, 6) is -0.932. The molecular weight excluding hydrogens is 216 g/mol. The third-order valence-corrected chi connectivity index (χ3v) is 2.78. The largest absolute Gasteiger partial charge is 0.478 e. The van der Waals surface area contributed by atoms with Gasteiger partial charge in [-0.15, -0.1) is 0 Å². The lowest BCUT2D eigenvalue weighted by molar-refractivity contribution is 0.0695. The number of benzene rings is 1. The zero-order valence-electron chi connectivity index (χ0n) is 10.1. The van der Waals surface area contributed by atoms with Crippen molar-refractivity contribution >= 4 is 5.97 Å². The minimum absolute atomic E-state index is 0.283. The Bertz CT molecular complexity index is 568. The summed E-state index contributed by atoms with van der Waals surface area (Å²) in [6.07, 6.45) is 0. The highest BCUT2D eigenvalue weighted by Gasteiger charge is 2.18. The lowest BCUT2D eigenvalue weighted by Gasteiger charge is -2.04.